The van der Waals surface area contributed by atoms with Crippen LogP contribution in [-0.4, -0.2) is 34.6 Å². The molecule has 0 aromatic heterocycles. The molecule has 108 valence electrons. The van der Waals surface area contributed by atoms with E-state index in [1.54, 1.807) is 0 Å². The van der Waals surface area contributed by atoms with Gasteiger partial charge in [-0.2, -0.15) is 0 Å². The third-order valence-electron chi connectivity index (χ3n) is 4.96. The maximum atomic E-state index is 12.9. The van der Waals surface area contributed by atoms with Gasteiger partial charge < -0.3 is 10.0 Å². The number of aliphatic hydroxyl groups is 1. The van der Waals surface area contributed by atoms with Crippen molar-refractivity contribution < 1.29 is 9.90 Å². The Morgan fingerprint density at radius 3 is 2.90 bits per heavy atom. The molecule has 1 atom stereocenters. The fourth-order valence-electron chi connectivity index (χ4n) is 3.66. The first kappa shape index (κ1) is 13.6. The zero-order valence-electron chi connectivity index (χ0n) is 12.2. The minimum absolute atomic E-state index is 0.0494. The summed E-state index contributed by atoms with van der Waals surface area (Å²) in [7, 11) is 0. The van der Waals surface area contributed by atoms with Crippen molar-refractivity contribution in [2.24, 2.45) is 0 Å². The number of likely N-dealkylation sites (tertiary alicyclic amines) is 1. The lowest BCUT2D eigenvalue weighted by molar-refractivity contribution is 0.0471. The van der Waals surface area contributed by atoms with Crippen molar-refractivity contribution in [2.75, 3.05) is 13.2 Å². The van der Waals surface area contributed by atoms with E-state index in [1.807, 2.05) is 24.0 Å². The van der Waals surface area contributed by atoms with Crippen molar-refractivity contribution in [3.05, 3.63) is 34.9 Å². The number of carbonyl (C=O) groups is 1. The number of aliphatic hydroxyl groups excluding tert-OH is 1. The highest BCUT2D eigenvalue weighted by atomic mass is 16.3. The van der Waals surface area contributed by atoms with E-state index < -0.39 is 0 Å². The molecule has 2 aliphatic rings. The Morgan fingerprint density at radius 2 is 2.10 bits per heavy atom. The summed E-state index contributed by atoms with van der Waals surface area (Å²) < 4.78 is 0. The number of aryl methyl sites for hydroxylation is 1. The Balaban J connectivity index is 1.95. The molecule has 1 aromatic rings. The Bertz CT molecular complexity index is 526. The van der Waals surface area contributed by atoms with Crippen molar-refractivity contribution in [3.8, 4) is 0 Å². The number of hydrogen-bond acceptors (Lipinski definition) is 2. The van der Waals surface area contributed by atoms with Crippen LogP contribution in [0.5, 0.6) is 0 Å². The van der Waals surface area contributed by atoms with Gasteiger partial charge in [-0.3, -0.25) is 4.79 Å². The number of benzene rings is 1. The maximum absolute atomic E-state index is 12.9. The summed E-state index contributed by atoms with van der Waals surface area (Å²) in [4.78, 5) is 14.8. The minimum atomic E-state index is -0.380. The molecular formula is C17H23NO2. The number of amides is 1. The lowest BCUT2D eigenvalue weighted by Crippen LogP contribution is -2.48. The molecule has 20 heavy (non-hydrogen) atoms. The summed E-state index contributed by atoms with van der Waals surface area (Å²) in [5.74, 6) is 0.109. The molecule has 1 aliphatic heterocycles. The number of hydrogen-bond donors (Lipinski definition) is 1. The average molecular weight is 273 g/mol. The van der Waals surface area contributed by atoms with Crippen LogP contribution in [0.4, 0.5) is 0 Å². The first-order valence-corrected chi connectivity index (χ1v) is 7.69. The molecule has 1 amide bonds. The molecule has 0 radical (unpaired) electrons. The summed E-state index contributed by atoms with van der Waals surface area (Å²) in [6.45, 7) is 2.81. The summed E-state index contributed by atoms with van der Waals surface area (Å²) in [5.41, 5.74) is 3.07. The molecular weight excluding hydrogens is 250 g/mol. The van der Waals surface area contributed by atoms with Crippen LogP contribution in [0.25, 0.3) is 0 Å². The Labute approximate surface area is 120 Å². The highest BCUT2D eigenvalue weighted by Crippen LogP contribution is 2.32. The SMILES string of the molecule is CC1(CO)CCCN1C(=O)c1cccc2c1CCCC2. The van der Waals surface area contributed by atoms with Gasteiger partial charge in [0.2, 0.25) is 0 Å². The van der Waals surface area contributed by atoms with Gasteiger partial charge in [-0.15, -0.1) is 0 Å². The third-order valence-corrected chi connectivity index (χ3v) is 4.96. The highest BCUT2D eigenvalue weighted by molar-refractivity contribution is 5.96. The van der Waals surface area contributed by atoms with Crippen molar-refractivity contribution in [2.45, 2.75) is 51.0 Å². The van der Waals surface area contributed by atoms with E-state index in [4.69, 9.17) is 0 Å². The first-order valence-electron chi connectivity index (χ1n) is 7.69. The Morgan fingerprint density at radius 1 is 1.30 bits per heavy atom. The predicted octanol–water partition coefficient (Wildman–Crippen LogP) is 2.55. The van der Waals surface area contributed by atoms with Crippen molar-refractivity contribution in [3.63, 3.8) is 0 Å². The van der Waals surface area contributed by atoms with Crippen LogP contribution in [0.1, 0.15) is 54.1 Å². The molecule has 1 unspecified atom stereocenters. The topological polar surface area (TPSA) is 40.5 Å². The fourth-order valence-corrected chi connectivity index (χ4v) is 3.66. The number of carbonyl (C=O) groups excluding carboxylic acids is 1. The standard InChI is InChI=1S/C17H23NO2/c1-17(12-19)10-5-11-18(17)16(20)15-9-4-7-13-6-2-3-8-14(13)15/h4,7,9,19H,2-3,5-6,8,10-12H2,1H3. The largest absolute Gasteiger partial charge is 0.394 e. The lowest BCUT2D eigenvalue weighted by Gasteiger charge is -2.34. The summed E-state index contributed by atoms with van der Waals surface area (Å²) in [6.07, 6.45) is 6.38. The molecule has 3 rings (SSSR count). The molecule has 0 spiro atoms. The average Bonchev–Trinajstić information content (AvgIpc) is 2.88. The molecule has 1 aromatic carbocycles. The summed E-state index contributed by atoms with van der Waals surface area (Å²) in [5, 5.41) is 9.64. The second-order valence-corrected chi connectivity index (χ2v) is 6.37. The quantitative estimate of drug-likeness (QED) is 0.899. The number of nitrogens with zero attached hydrogens (tertiary/aromatic N) is 1. The molecule has 3 heteroatoms. The molecule has 1 heterocycles. The highest BCUT2D eigenvalue weighted by Gasteiger charge is 2.40. The van der Waals surface area contributed by atoms with Crippen molar-refractivity contribution in [1.29, 1.82) is 0 Å². The molecule has 1 fully saturated rings. The van der Waals surface area contributed by atoms with Crippen LogP contribution in [0, 0.1) is 0 Å². The van der Waals surface area contributed by atoms with E-state index in [0.29, 0.717) is 0 Å². The Kier molecular flexibility index (Phi) is 3.55. The summed E-state index contributed by atoms with van der Waals surface area (Å²) in [6, 6.07) is 6.12. The summed E-state index contributed by atoms with van der Waals surface area (Å²) >= 11 is 0. The van der Waals surface area contributed by atoms with Gasteiger partial charge in [-0.1, -0.05) is 12.1 Å². The molecule has 0 saturated carbocycles. The third kappa shape index (κ3) is 2.14. The van der Waals surface area contributed by atoms with E-state index in [2.05, 4.69) is 6.07 Å². The number of fused-ring (bicyclic) bond motifs is 1. The molecule has 1 N–H and O–H groups in total. The van der Waals surface area contributed by atoms with E-state index in [-0.39, 0.29) is 18.1 Å². The van der Waals surface area contributed by atoms with Crippen molar-refractivity contribution in [1.82, 2.24) is 4.90 Å². The molecule has 0 bridgehead atoms. The van der Waals surface area contributed by atoms with Crippen LogP contribution < -0.4 is 0 Å². The second-order valence-electron chi connectivity index (χ2n) is 6.37. The molecule has 3 nitrogen and oxygen atoms in total. The van der Waals surface area contributed by atoms with E-state index in [9.17, 15) is 9.90 Å². The van der Waals surface area contributed by atoms with Gasteiger partial charge >= 0.3 is 0 Å². The molecule has 1 aliphatic carbocycles. The van der Waals surface area contributed by atoms with E-state index >= 15 is 0 Å². The predicted molar refractivity (Wildman–Crippen MR) is 78.8 cm³/mol. The van der Waals surface area contributed by atoms with Gasteiger partial charge in [0.25, 0.3) is 5.91 Å². The van der Waals surface area contributed by atoms with Crippen LogP contribution in [0.3, 0.4) is 0 Å². The smallest absolute Gasteiger partial charge is 0.254 e. The van der Waals surface area contributed by atoms with Gasteiger partial charge in [-0.25, -0.2) is 0 Å². The second kappa shape index (κ2) is 5.21. The van der Waals surface area contributed by atoms with E-state index in [0.717, 1.165) is 37.8 Å². The van der Waals surface area contributed by atoms with E-state index in [1.165, 1.54) is 24.0 Å². The fraction of sp³-hybridized carbons (Fsp3) is 0.588. The van der Waals surface area contributed by atoms with Crippen LogP contribution >= 0.6 is 0 Å². The van der Waals surface area contributed by atoms with Gasteiger partial charge in [-0.05, 0) is 62.6 Å². The van der Waals surface area contributed by atoms with Gasteiger partial charge in [0.1, 0.15) is 0 Å². The monoisotopic (exact) mass is 273 g/mol. The van der Waals surface area contributed by atoms with Crippen LogP contribution in [-0.2, 0) is 12.8 Å². The van der Waals surface area contributed by atoms with Crippen molar-refractivity contribution >= 4 is 5.91 Å². The number of rotatable bonds is 2. The normalized spacial score (nSPS) is 25.6. The molecule has 1 saturated heterocycles. The van der Waals surface area contributed by atoms with Crippen LogP contribution in [0.2, 0.25) is 0 Å². The minimum Gasteiger partial charge on any atom is -0.394 e. The van der Waals surface area contributed by atoms with Gasteiger partial charge in [0.05, 0.1) is 12.1 Å². The van der Waals surface area contributed by atoms with Crippen LogP contribution in [0.15, 0.2) is 18.2 Å². The van der Waals surface area contributed by atoms with Gasteiger partial charge in [0.15, 0.2) is 0 Å². The zero-order valence-corrected chi connectivity index (χ0v) is 12.2. The van der Waals surface area contributed by atoms with Gasteiger partial charge in [0, 0.05) is 12.1 Å². The lowest BCUT2D eigenvalue weighted by atomic mass is 9.87. The first-order chi connectivity index (χ1) is 9.65. The maximum Gasteiger partial charge on any atom is 0.254 e. The zero-order chi connectivity index (χ0) is 14.2. The Hall–Kier alpha value is -1.35.